The van der Waals surface area contributed by atoms with Gasteiger partial charge in [-0.1, -0.05) is 0 Å². The zero-order chi connectivity index (χ0) is 15.9. The van der Waals surface area contributed by atoms with Crippen molar-refractivity contribution in [2.75, 3.05) is 25.6 Å². The highest BCUT2D eigenvalue weighted by atomic mass is 16.5. The number of aromatic nitrogens is 1. The van der Waals surface area contributed by atoms with Crippen molar-refractivity contribution in [2.45, 2.75) is 13.8 Å². The third-order valence-corrected chi connectivity index (χ3v) is 3.19. The Hall–Kier alpha value is -2.74. The zero-order valence-electron chi connectivity index (χ0n) is 13.0. The number of nitriles is 1. The summed E-state index contributed by atoms with van der Waals surface area (Å²) in [4.78, 5) is 4.29. The molecule has 5 nitrogen and oxygen atoms in total. The molecule has 0 spiro atoms. The fourth-order valence-corrected chi connectivity index (χ4v) is 2.14. The maximum Gasteiger partial charge on any atom is 0.119 e. The van der Waals surface area contributed by atoms with Crippen molar-refractivity contribution in [2.24, 2.45) is 0 Å². The molecular weight excluding hydrogens is 278 g/mol. The van der Waals surface area contributed by atoms with Gasteiger partial charge < -0.3 is 14.8 Å². The van der Waals surface area contributed by atoms with Crippen molar-refractivity contribution in [3.05, 3.63) is 47.3 Å². The van der Waals surface area contributed by atoms with Gasteiger partial charge in [-0.05, 0) is 44.2 Å². The molecule has 0 aliphatic heterocycles. The fourth-order valence-electron chi connectivity index (χ4n) is 2.14. The average molecular weight is 297 g/mol. The predicted molar refractivity (Wildman–Crippen MR) is 85.4 cm³/mol. The topological polar surface area (TPSA) is 67.2 Å². The maximum atomic E-state index is 9.20. The van der Waals surface area contributed by atoms with Crippen LogP contribution >= 0.6 is 0 Å². The number of aryl methyl sites for hydroxylation is 2. The number of rotatable bonds is 6. The van der Waals surface area contributed by atoms with Crippen LogP contribution in [-0.2, 0) is 0 Å². The van der Waals surface area contributed by atoms with Gasteiger partial charge in [0.25, 0.3) is 0 Å². The van der Waals surface area contributed by atoms with Crippen LogP contribution in [0.2, 0.25) is 0 Å². The first-order valence-electron chi connectivity index (χ1n) is 7.03. The highest BCUT2D eigenvalue weighted by molar-refractivity contribution is 5.59. The first kappa shape index (κ1) is 15.6. The van der Waals surface area contributed by atoms with Crippen LogP contribution in [-0.4, -0.2) is 25.2 Å². The molecule has 2 rings (SSSR count). The van der Waals surface area contributed by atoms with Gasteiger partial charge in [-0.15, -0.1) is 0 Å². The SMILES string of the molecule is COc1ccc(OCCNc2cc(C)nc(C)c2C#N)cc1. The monoisotopic (exact) mass is 297 g/mol. The summed E-state index contributed by atoms with van der Waals surface area (Å²) in [6, 6.07) is 11.5. The molecule has 1 aromatic carbocycles. The Balaban J connectivity index is 1.90. The van der Waals surface area contributed by atoms with Crippen LogP contribution < -0.4 is 14.8 Å². The number of pyridine rings is 1. The minimum absolute atomic E-state index is 0.498. The predicted octanol–water partition coefficient (Wildman–Crippen LogP) is 3.07. The largest absolute Gasteiger partial charge is 0.497 e. The number of anilines is 1. The van der Waals surface area contributed by atoms with E-state index in [4.69, 9.17) is 9.47 Å². The second-order valence-corrected chi connectivity index (χ2v) is 4.83. The van der Waals surface area contributed by atoms with Gasteiger partial charge in [0.2, 0.25) is 0 Å². The molecule has 0 saturated carbocycles. The summed E-state index contributed by atoms with van der Waals surface area (Å²) >= 11 is 0. The molecule has 0 saturated heterocycles. The highest BCUT2D eigenvalue weighted by Crippen LogP contribution is 2.19. The van der Waals surface area contributed by atoms with Crippen LogP contribution in [0.25, 0.3) is 0 Å². The lowest BCUT2D eigenvalue weighted by atomic mass is 10.1. The van der Waals surface area contributed by atoms with Gasteiger partial charge in [0.05, 0.1) is 24.1 Å². The van der Waals surface area contributed by atoms with Crippen molar-refractivity contribution in [1.29, 1.82) is 5.26 Å². The van der Waals surface area contributed by atoms with Crippen LogP contribution in [0, 0.1) is 25.2 Å². The minimum Gasteiger partial charge on any atom is -0.497 e. The second-order valence-electron chi connectivity index (χ2n) is 4.83. The molecule has 0 atom stereocenters. The molecule has 0 fully saturated rings. The Morgan fingerprint density at radius 3 is 2.50 bits per heavy atom. The first-order valence-corrected chi connectivity index (χ1v) is 7.03. The van der Waals surface area contributed by atoms with Gasteiger partial charge in [-0.3, -0.25) is 4.98 Å². The number of benzene rings is 1. The number of ether oxygens (including phenoxy) is 2. The standard InChI is InChI=1S/C17H19N3O2/c1-12-10-17(16(11-18)13(2)20-12)19-8-9-22-15-6-4-14(21-3)5-7-15/h4-7,10H,8-9H2,1-3H3,(H,19,20). The molecule has 114 valence electrons. The molecule has 5 heteroatoms. The van der Waals surface area contributed by atoms with Crippen LogP contribution in [0.5, 0.6) is 11.5 Å². The first-order chi connectivity index (χ1) is 10.6. The molecule has 1 N–H and O–H groups in total. The number of methoxy groups -OCH3 is 1. The molecule has 1 heterocycles. The number of hydrogen-bond donors (Lipinski definition) is 1. The van der Waals surface area contributed by atoms with Crippen molar-refractivity contribution in [3.63, 3.8) is 0 Å². The Morgan fingerprint density at radius 1 is 1.18 bits per heavy atom. The molecule has 0 amide bonds. The lowest BCUT2D eigenvalue weighted by Gasteiger charge is -2.12. The van der Waals surface area contributed by atoms with Crippen molar-refractivity contribution in [1.82, 2.24) is 4.98 Å². The van der Waals surface area contributed by atoms with Crippen molar-refractivity contribution < 1.29 is 9.47 Å². The van der Waals surface area contributed by atoms with E-state index in [1.54, 1.807) is 7.11 Å². The molecule has 0 unspecified atom stereocenters. The Morgan fingerprint density at radius 2 is 1.86 bits per heavy atom. The lowest BCUT2D eigenvalue weighted by molar-refractivity contribution is 0.331. The molecule has 0 aliphatic carbocycles. The Bertz CT molecular complexity index is 676. The molecule has 1 aromatic heterocycles. The van der Waals surface area contributed by atoms with E-state index in [1.807, 2.05) is 44.2 Å². The van der Waals surface area contributed by atoms with Gasteiger partial charge in [0, 0.05) is 12.2 Å². The van der Waals surface area contributed by atoms with E-state index in [0.717, 1.165) is 28.6 Å². The van der Waals surface area contributed by atoms with Gasteiger partial charge in [-0.2, -0.15) is 5.26 Å². The Kier molecular flexibility index (Phi) is 5.21. The van der Waals surface area contributed by atoms with Gasteiger partial charge >= 0.3 is 0 Å². The van der Waals surface area contributed by atoms with E-state index in [9.17, 15) is 5.26 Å². The van der Waals surface area contributed by atoms with Crippen LogP contribution in [0.1, 0.15) is 17.0 Å². The second kappa shape index (κ2) is 7.32. The van der Waals surface area contributed by atoms with E-state index in [2.05, 4.69) is 16.4 Å². The number of hydrogen-bond acceptors (Lipinski definition) is 5. The summed E-state index contributed by atoms with van der Waals surface area (Å²) in [5.41, 5.74) is 3.00. The third kappa shape index (κ3) is 3.89. The van der Waals surface area contributed by atoms with E-state index in [-0.39, 0.29) is 0 Å². The molecule has 22 heavy (non-hydrogen) atoms. The zero-order valence-corrected chi connectivity index (χ0v) is 13.0. The summed E-state index contributed by atoms with van der Waals surface area (Å²) in [6.45, 7) is 4.85. The summed E-state index contributed by atoms with van der Waals surface area (Å²) in [5, 5.41) is 12.4. The van der Waals surface area contributed by atoms with Crippen molar-refractivity contribution in [3.8, 4) is 17.6 Å². The molecule has 0 bridgehead atoms. The quantitative estimate of drug-likeness (QED) is 0.830. The smallest absolute Gasteiger partial charge is 0.119 e. The van der Waals surface area contributed by atoms with E-state index >= 15 is 0 Å². The fraction of sp³-hybridized carbons (Fsp3) is 0.294. The summed E-state index contributed by atoms with van der Waals surface area (Å²) in [7, 11) is 1.63. The highest BCUT2D eigenvalue weighted by Gasteiger charge is 2.07. The minimum atomic E-state index is 0.498. The summed E-state index contributed by atoms with van der Waals surface area (Å²) in [5.74, 6) is 1.58. The maximum absolute atomic E-state index is 9.20. The normalized spacial score (nSPS) is 9.91. The van der Waals surface area contributed by atoms with Crippen LogP contribution in [0.15, 0.2) is 30.3 Å². The van der Waals surface area contributed by atoms with Crippen LogP contribution in [0.4, 0.5) is 5.69 Å². The van der Waals surface area contributed by atoms with Gasteiger partial charge in [-0.25, -0.2) is 0 Å². The molecule has 0 radical (unpaired) electrons. The van der Waals surface area contributed by atoms with E-state index in [1.165, 1.54) is 0 Å². The molecule has 2 aromatic rings. The lowest BCUT2D eigenvalue weighted by Crippen LogP contribution is -2.13. The third-order valence-electron chi connectivity index (χ3n) is 3.19. The van der Waals surface area contributed by atoms with Gasteiger partial charge in [0.15, 0.2) is 0 Å². The molecule has 0 aliphatic rings. The number of nitrogens with one attached hydrogen (secondary N) is 1. The average Bonchev–Trinajstić information content (AvgIpc) is 2.52. The van der Waals surface area contributed by atoms with E-state index in [0.29, 0.717) is 18.7 Å². The van der Waals surface area contributed by atoms with Crippen molar-refractivity contribution >= 4 is 5.69 Å². The summed E-state index contributed by atoms with van der Waals surface area (Å²) < 4.78 is 10.7. The Labute approximate surface area is 130 Å². The van der Waals surface area contributed by atoms with Gasteiger partial charge in [0.1, 0.15) is 24.2 Å². The molecular formula is C17H19N3O2. The van der Waals surface area contributed by atoms with Crippen LogP contribution in [0.3, 0.4) is 0 Å². The summed E-state index contributed by atoms with van der Waals surface area (Å²) in [6.07, 6.45) is 0. The number of nitrogens with zero attached hydrogens (tertiary/aromatic N) is 2. The van der Waals surface area contributed by atoms with E-state index < -0.39 is 0 Å².